The van der Waals surface area contributed by atoms with Crippen LogP contribution in [0, 0.1) is 0 Å². The second kappa shape index (κ2) is 7.92. The molecular weight excluding hydrogens is 240 g/mol. The van der Waals surface area contributed by atoms with E-state index in [0.29, 0.717) is 6.42 Å². The summed E-state index contributed by atoms with van der Waals surface area (Å²) in [7, 11) is 3.57. The number of benzene rings is 1. The van der Waals surface area contributed by atoms with Gasteiger partial charge in [-0.1, -0.05) is 18.2 Å². The highest BCUT2D eigenvalue weighted by Crippen LogP contribution is 2.22. The largest absolute Gasteiger partial charge is 0.382 e. The van der Waals surface area contributed by atoms with Crippen LogP contribution in [0.3, 0.4) is 0 Å². The maximum Gasteiger partial charge on any atom is 0.224 e. The van der Waals surface area contributed by atoms with Crippen LogP contribution in [0.5, 0.6) is 0 Å². The average Bonchev–Trinajstić information content (AvgIpc) is 2.44. The Morgan fingerprint density at radius 1 is 1.32 bits per heavy atom. The lowest BCUT2D eigenvalue weighted by molar-refractivity contribution is -0.116. The Labute approximate surface area is 115 Å². The number of para-hydroxylation sites is 1. The van der Waals surface area contributed by atoms with Gasteiger partial charge in [-0.15, -0.1) is 0 Å². The van der Waals surface area contributed by atoms with Gasteiger partial charge in [0.2, 0.25) is 5.91 Å². The molecule has 1 aromatic carbocycles. The van der Waals surface area contributed by atoms with E-state index in [1.807, 2.05) is 38.2 Å². The molecule has 0 fully saturated rings. The summed E-state index contributed by atoms with van der Waals surface area (Å²) in [5.74, 6) is 0.0275. The highest BCUT2D eigenvalue weighted by molar-refractivity contribution is 5.91. The zero-order chi connectivity index (χ0) is 14.3. The smallest absolute Gasteiger partial charge is 0.224 e. The normalized spacial score (nSPS) is 13.9. The van der Waals surface area contributed by atoms with Crippen molar-refractivity contribution in [2.24, 2.45) is 0 Å². The first-order valence-electron chi connectivity index (χ1n) is 6.67. The van der Waals surface area contributed by atoms with Gasteiger partial charge in [-0.3, -0.25) is 4.79 Å². The SMILES string of the molecule is CNC(C)c1ccccc1NC(=O)CCC(C)OC. The molecule has 1 aromatic rings. The van der Waals surface area contributed by atoms with E-state index in [0.717, 1.165) is 17.7 Å². The Balaban J connectivity index is 2.63. The van der Waals surface area contributed by atoms with Crippen LogP contribution in [0.2, 0.25) is 0 Å². The van der Waals surface area contributed by atoms with Crippen LogP contribution < -0.4 is 10.6 Å². The molecule has 4 heteroatoms. The summed E-state index contributed by atoms with van der Waals surface area (Å²) in [6.07, 6.45) is 1.31. The predicted molar refractivity (Wildman–Crippen MR) is 78.3 cm³/mol. The van der Waals surface area contributed by atoms with Gasteiger partial charge in [-0.05, 0) is 38.9 Å². The number of amides is 1. The summed E-state index contributed by atoms with van der Waals surface area (Å²) in [5, 5.41) is 6.15. The third-order valence-electron chi connectivity index (χ3n) is 3.31. The first kappa shape index (κ1) is 15.7. The minimum absolute atomic E-state index is 0.0275. The summed E-state index contributed by atoms with van der Waals surface area (Å²) >= 11 is 0. The monoisotopic (exact) mass is 264 g/mol. The molecule has 106 valence electrons. The van der Waals surface area contributed by atoms with Crippen LogP contribution >= 0.6 is 0 Å². The van der Waals surface area contributed by atoms with Gasteiger partial charge in [-0.2, -0.15) is 0 Å². The van der Waals surface area contributed by atoms with Crippen molar-refractivity contribution in [3.05, 3.63) is 29.8 Å². The molecule has 0 heterocycles. The molecule has 2 unspecified atom stereocenters. The lowest BCUT2D eigenvalue weighted by atomic mass is 10.1. The minimum atomic E-state index is 0.0275. The molecule has 4 nitrogen and oxygen atoms in total. The summed E-state index contributed by atoms with van der Waals surface area (Å²) in [4.78, 5) is 11.9. The molecule has 19 heavy (non-hydrogen) atoms. The van der Waals surface area contributed by atoms with Crippen molar-refractivity contribution in [3.8, 4) is 0 Å². The maximum absolute atomic E-state index is 11.9. The number of hydrogen-bond donors (Lipinski definition) is 2. The number of rotatable bonds is 7. The fourth-order valence-electron chi connectivity index (χ4n) is 1.81. The fourth-order valence-corrected chi connectivity index (χ4v) is 1.81. The molecule has 2 atom stereocenters. The Morgan fingerprint density at radius 2 is 2.00 bits per heavy atom. The van der Waals surface area contributed by atoms with E-state index in [2.05, 4.69) is 17.6 Å². The fraction of sp³-hybridized carbons (Fsp3) is 0.533. The number of carbonyl (C=O) groups excluding carboxylic acids is 1. The van der Waals surface area contributed by atoms with Crippen LogP contribution in [-0.4, -0.2) is 26.2 Å². The first-order chi connectivity index (χ1) is 9.08. The van der Waals surface area contributed by atoms with E-state index >= 15 is 0 Å². The summed E-state index contributed by atoms with van der Waals surface area (Å²) in [6, 6.07) is 8.06. The van der Waals surface area contributed by atoms with Gasteiger partial charge in [0.25, 0.3) is 0 Å². The Kier molecular flexibility index (Phi) is 6.53. The zero-order valence-corrected chi connectivity index (χ0v) is 12.2. The van der Waals surface area contributed by atoms with Gasteiger partial charge >= 0.3 is 0 Å². The molecule has 1 amide bonds. The third-order valence-corrected chi connectivity index (χ3v) is 3.31. The Morgan fingerprint density at radius 3 is 2.63 bits per heavy atom. The molecule has 0 saturated carbocycles. The van der Waals surface area contributed by atoms with Crippen LogP contribution in [0.15, 0.2) is 24.3 Å². The number of nitrogens with one attached hydrogen (secondary N) is 2. The maximum atomic E-state index is 11.9. The molecule has 0 aliphatic carbocycles. The van der Waals surface area contributed by atoms with E-state index in [9.17, 15) is 4.79 Å². The number of carbonyl (C=O) groups is 1. The second-order valence-corrected chi connectivity index (χ2v) is 4.73. The lowest BCUT2D eigenvalue weighted by Crippen LogP contribution is -2.19. The minimum Gasteiger partial charge on any atom is -0.382 e. The number of anilines is 1. The molecule has 0 aliphatic rings. The predicted octanol–water partition coefficient (Wildman–Crippen LogP) is 2.72. The van der Waals surface area contributed by atoms with Crippen LogP contribution in [0.4, 0.5) is 5.69 Å². The molecule has 1 rings (SSSR count). The van der Waals surface area contributed by atoms with E-state index in [4.69, 9.17) is 4.74 Å². The molecule has 0 aromatic heterocycles. The number of ether oxygens (including phenoxy) is 1. The molecule has 0 spiro atoms. The van der Waals surface area contributed by atoms with Crippen molar-refractivity contribution in [1.29, 1.82) is 0 Å². The average molecular weight is 264 g/mol. The van der Waals surface area contributed by atoms with Crippen LogP contribution in [0.1, 0.15) is 38.3 Å². The molecule has 0 bridgehead atoms. The van der Waals surface area contributed by atoms with E-state index in [1.165, 1.54) is 0 Å². The quantitative estimate of drug-likeness (QED) is 0.796. The van der Waals surface area contributed by atoms with Gasteiger partial charge in [0.05, 0.1) is 6.10 Å². The first-order valence-corrected chi connectivity index (χ1v) is 6.67. The molecule has 0 aliphatic heterocycles. The molecule has 0 saturated heterocycles. The highest BCUT2D eigenvalue weighted by Gasteiger charge is 2.11. The highest BCUT2D eigenvalue weighted by atomic mass is 16.5. The van der Waals surface area contributed by atoms with Gasteiger partial charge in [0.1, 0.15) is 0 Å². The van der Waals surface area contributed by atoms with Crippen molar-refractivity contribution in [2.45, 2.75) is 38.8 Å². The van der Waals surface area contributed by atoms with E-state index in [1.54, 1.807) is 7.11 Å². The van der Waals surface area contributed by atoms with E-state index < -0.39 is 0 Å². The van der Waals surface area contributed by atoms with Crippen LogP contribution in [0.25, 0.3) is 0 Å². The summed E-state index contributed by atoms with van der Waals surface area (Å²) < 4.78 is 5.14. The van der Waals surface area contributed by atoms with Gasteiger partial charge < -0.3 is 15.4 Å². The van der Waals surface area contributed by atoms with Gasteiger partial charge in [0.15, 0.2) is 0 Å². The number of methoxy groups -OCH3 is 1. The van der Waals surface area contributed by atoms with Crippen molar-refractivity contribution in [3.63, 3.8) is 0 Å². The molecule has 0 radical (unpaired) electrons. The standard InChI is InChI=1S/C15H24N2O2/c1-11(19-4)9-10-15(18)17-14-8-6-5-7-13(14)12(2)16-3/h5-8,11-12,16H,9-10H2,1-4H3,(H,17,18). The molecule has 2 N–H and O–H groups in total. The van der Waals surface area contributed by atoms with Crippen molar-refractivity contribution >= 4 is 11.6 Å². The van der Waals surface area contributed by atoms with Crippen molar-refractivity contribution in [1.82, 2.24) is 5.32 Å². The van der Waals surface area contributed by atoms with E-state index in [-0.39, 0.29) is 18.1 Å². The third kappa shape index (κ3) is 5.01. The second-order valence-electron chi connectivity index (χ2n) is 4.73. The zero-order valence-electron chi connectivity index (χ0n) is 12.2. The van der Waals surface area contributed by atoms with Gasteiger partial charge in [0, 0.05) is 25.3 Å². The van der Waals surface area contributed by atoms with Crippen LogP contribution in [-0.2, 0) is 9.53 Å². The topological polar surface area (TPSA) is 50.4 Å². The summed E-state index contributed by atoms with van der Waals surface area (Å²) in [6.45, 7) is 4.03. The van der Waals surface area contributed by atoms with Crippen molar-refractivity contribution in [2.75, 3.05) is 19.5 Å². The Hall–Kier alpha value is -1.39. The Bertz CT molecular complexity index is 407. The lowest BCUT2D eigenvalue weighted by Gasteiger charge is -2.16. The van der Waals surface area contributed by atoms with Crippen molar-refractivity contribution < 1.29 is 9.53 Å². The molecular formula is C15H24N2O2. The van der Waals surface area contributed by atoms with Gasteiger partial charge in [-0.25, -0.2) is 0 Å². The summed E-state index contributed by atoms with van der Waals surface area (Å²) in [5.41, 5.74) is 1.97. The number of hydrogen-bond acceptors (Lipinski definition) is 3.